The summed E-state index contributed by atoms with van der Waals surface area (Å²) >= 11 is 0. The molecule has 0 radical (unpaired) electrons. The molecule has 0 aromatic heterocycles. The second-order valence-electron chi connectivity index (χ2n) is 7.78. The fourth-order valence-electron chi connectivity index (χ4n) is 3.60. The van der Waals surface area contributed by atoms with Gasteiger partial charge in [0.1, 0.15) is 0 Å². The predicted molar refractivity (Wildman–Crippen MR) is 96.1 cm³/mol. The summed E-state index contributed by atoms with van der Waals surface area (Å²) in [7, 11) is 0. The van der Waals surface area contributed by atoms with Crippen molar-refractivity contribution >= 4 is 5.91 Å². The van der Waals surface area contributed by atoms with Crippen LogP contribution in [0.25, 0.3) is 0 Å². The third kappa shape index (κ3) is 4.58. The van der Waals surface area contributed by atoms with E-state index in [2.05, 4.69) is 55.3 Å². The van der Waals surface area contributed by atoms with Gasteiger partial charge >= 0.3 is 0 Å². The van der Waals surface area contributed by atoms with E-state index in [1.54, 1.807) is 0 Å². The number of benzene rings is 1. The number of hydrogen-bond acceptors (Lipinski definition) is 3. The Hall–Kier alpha value is -1.39. The molecule has 1 N–H and O–H groups in total. The van der Waals surface area contributed by atoms with Gasteiger partial charge in [-0.15, -0.1) is 0 Å². The fraction of sp³-hybridized carbons (Fsp3) is 0.650. The largest absolute Gasteiger partial charge is 0.375 e. The van der Waals surface area contributed by atoms with Crippen LogP contribution in [-0.4, -0.2) is 48.2 Å². The first-order valence-corrected chi connectivity index (χ1v) is 9.18. The van der Waals surface area contributed by atoms with Gasteiger partial charge in [0.25, 0.3) is 0 Å². The maximum Gasteiger partial charge on any atom is 0.223 e. The fourth-order valence-corrected chi connectivity index (χ4v) is 3.60. The van der Waals surface area contributed by atoms with Gasteiger partial charge in [-0.25, -0.2) is 0 Å². The molecule has 1 saturated carbocycles. The Balaban J connectivity index is 1.51. The Morgan fingerprint density at radius 3 is 2.88 bits per heavy atom. The summed E-state index contributed by atoms with van der Waals surface area (Å²) in [5.74, 6) is 0.135. The van der Waals surface area contributed by atoms with Gasteiger partial charge in [-0.2, -0.15) is 0 Å². The molecular weight excluding hydrogens is 300 g/mol. The van der Waals surface area contributed by atoms with Crippen LogP contribution in [-0.2, 0) is 16.0 Å². The normalized spacial score (nSPS) is 23.2. The molecule has 1 atom stereocenters. The van der Waals surface area contributed by atoms with Crippen LogP contribution in [0.2, 0.25) is 0 Å². The van der Waals surface area contributed by atoms with Crippen molar-refractivity contribution < 1.29 is 9.53 Å². The first kappa shape index (κ1) is 17.4. The highest BCUT2D eigenvalue weighted by molar-refractivity contribution is 5.78. The number of amides is 1. The van der Waals surface area contributed by atoms with E-state index >= 15 is 0 Å². The number of carbonyl (C=O) groups excluding carboxylic acids is 1. The van der Waals surface area contributed by atoms with Crippen molar-refractivity contribution in [1.29, 1.82) is 0 Å². The SMILES string of the molecule is Cc1cccc(CC2(NC(=O)C[C@@H]3CN(C(C)C)CCO3)CC2)c1. The number of aryl methyl sites for hydroxylation is 1. The van der Waals surface area contributed by atoms with E-state index in [1.807, 2.05) is 0 Å². The van der Waals surface area contributed by atoms with Crippen molar-refractivity contribution in [3.8, 4) is 0 Å². The number of ether oxygens (including phenoxy) is 1. The number of nitrogens with one attached hydrogen (secondary N) is 1. The molecule has 2 fully saturated rings. The number of nitrogens with zero attached hydrogens (tertiary/aromatic N) is 1. The zero-order chi connectivity index (χ0) is 17.2. The van der Waals surface area contributed by atoms with Gasteiger partial charge in [-0.3, -0.25) is 9.69 Å². The van der Waals surface area contributed by atoms with Gasteiger partial charge in [0, 0.05) is 24.7 Å². The van der Waals surface area contributed by atoms with Gasteiger partial charge in [0.15, 0.2) is 0 Å². The van der Waals surface area contributed by atoms with Crippen molar-refractivity contribution in [2.24, 2.45) is 0 Å². The molecule has 1 heterocycles. The summed E-state index contributed by atoms with van der Waals surface area (Å²) in [5, 5.41) is 3.29. The first-order chi connectivity index (χ1) is 11.5. The lowest BCUT2D eigenvalue weighted by atomic mass is 10.0. The van der Waals surface area contributed by atoms with E-state index in [4.69, 9.17) is 4.74 Å². The van der Waals surface area contributed by atoms with Crippen LogP contribution >= 0.6 is 0 Å². The minimum Gasteiger partial charge on any atom is -0.375 e. The van der Waals surface area contributed by atoms with Crippen LogP contribution in [0, 0.1) is 6.92 Å². The average Bonchev–Trinajstić information content (AvgIpc) is 3.26. The summed E-state index contributed by atoms with van der Waals surface area (Å²) in [6.07, 6.45) is 3.59. The summed E-state index contributed by atoms with van der Waals surface area (Å²) in [6, 6.07) is 9.10. The molecule has 0 unspecified atom stereocenters. The number of hydrogen-bond donors (Lipinski definition) is 1. The van der Waals surface area contributed by atoms with E-state index in [9.17, 15) is 4.79 Å². The summed E-state index contributed by atoms with van der Waals surface area (Å²) in [5.41, 5.74) is 2.57. The zero-order valence-corrected chi connectivity index (χ0v) is 15.2. The molecule has 0 spiro atoms. The van der Waals surface area contributed by atoms with E-state index in [0.717, 1.165) is 39.0 Å². The van der Waals surface area contributed by atoms with Crippen LogP contribution in [0.3, 0.4) is 0 Å². The Kier molecular flexibility index (Phi) is 5.26. The molecule has 1 amide bonds. The second kappa shape index (κ2) is 7.24. The van der Waals surface area contributed by atoms with E-state index in [-0.39, 0.29) is 17.6 Å². The number of rotatable bonds is 6. The van der Waals surface area contributed by atoms with Crippen molar-refractivity contribution in [3.63, 3.8) is 0 Å². The van der Waals surface area contributed by atoms with Gasteiger partial charge in [-0.05, 0) is 45.6 Å². The number of carbonyl (C=O) groups is 1. The second-order valence-corrected chi connectivity index (χ2v) is 7.78. The van der Waals surface area contributed by atoms with Crippen molar-refractivity contribution in [3.05, 3.63) is 35.4 Å². The summed E-state index contributed by atoms with van der Waals surface area (Å²) < 4.78 is 5.80. The third-order valence-corrected chi connectivity index (χ3v) is 5.20. The molecule has 24 heavy (non-hydrogen) atoms. The highest BCUT2D eigenvalue weighted by Gasteiger charge is 2.44. The third-order valence-electron chi connectivity index (χ3n) is 5.20. The maximum atomic E-state index is 12.5. The molecule has 1 aromatic rings. The number of morpholine rings is 1. The van der Waals surface area contributed by atoms with Gasteiger partial charge in [0.05, 0.1) is 19.1 Å². The average molecular weight is 330 g/mol. The molecule has 132 valence electrons. The maximum absolute atomic E-state index is 12.5. The van der Waals surface area contributed by atoms with Gasteiger partial charge in [-0.1, -0.05) is 29.8 Å². The van der Waals surface area contributed by atoms with E-state index in [0.29, 0.717) is 12.5 Å². The monoisotopic (exact) mass is 330 g/mol. The van der Waals surface area contributed by atoms with Crippen LogP contribution in [0.1, 0.15) is 44.2 Å². The lowest BCUT2D eigenvalue weighted by Gasteiger charge is -2.35. The Morgan fingerprint density at radius 1 is 1.42 bits per heavy atom. The molecule has 4 heteroatoms. The minimum absolute atomic E-state index is 0.0166. The van der Waals surface area contributed by atoms with Crippen molar-refractivity contribution in [2.75, 3.05) is 19.7 Å². The Labute approximate surface area is 145 Å². The molecule has 1 saturated heterocycles. The minimum atomic E-state index is -0.0166. The van der Waals surface area contributed by atoms with Crippen molar-refractivity contribution in [2.45, 2.75) is 64.1 Å². The van der Waals surface area contributed by atoms with Crippen molar-refractivity contribution in [1.82, 2.24) is 10.2 Å². The topological polar surface area (TPSA) is 41.6 Å². The van der Waals surface area contributed by atoms with Gasteiger partial charge < -0.3 is 10.1 Å². The standard InChI is InChI=1S/C20H30N2O2/c1-15(2)22-9-10-24-18(14-22)12-19(23)21-20(7-8-20)13-17-6-4-5-16(3)11-17/h4-6,11,15,18H,7-10,12-14H2,1-3H3,(H,21,23)/t18-/m1/s1. The van der Waals surface area contributed by atoms with Crippen LogP contribution in [0.15, 0.2) is 24.3 Å². The molecule has 0 bridgehead atoms. The van der Waals surface area contributed by atoms with E-state index < -0.39 is 0 Å². The van der Waals surface area contributed by atoms with Crippen LogP contribution < -0.4 is 5.32 Å². The highest BCUT2D eigenvalue weighted by atomic mass is 16.5. The van der Waals surface area contributed by atoms with Crippen LogP contribution in [0.5, 0.6) is 0 Å². The highest BCUT2D eigenvalue weighted by Crippen LogP contribution is 2.39. The zero-order valence-electron chi connectivity index (χ0n) is 15.2. The van der Waals surface area contributed by atoms with E-state index in [1.165, 1.54) is 11.1 Å². The smallest absolute Gasteiger partial charge is 0.223 e. The molecule has 4 nitrogen and oxygen atoms in total. The molecule has 2 aliphatic rings. The molecular formula is C20H30N2O2. The summed E-state index contributed by atoms with van der Waals surface area (Å²) in [4.78, 5) is 14.9. The quantitative estimate of drug-likeness (QED) is 0.872. The lowest BCUT2D eigenvalue weighted by molar-refractivity contribution is -0.127. The predicted octanol–water partition coefficient (Wildman–Crippen LogP) is 2.69. The Morgan fingerprint density at radius 2 is 2.21 bits per heavy atom. The molecule has 1 aliphatic carbocycles. The molecule has 1 aliphatic heterocycles. The lowest BCUT2D eigenvalue weighted by Crippen LogP contribution is -2.48. The molecule has 1 aromatic carbocycles. The summed E-state index contributed by atoms with van der Waals surface area (Å²) in [6.45, 7) is 9.06. The molecule has 3 rings (SSSR count). The Bertz CT molecular complexity index is 581. The van der Waals surface area contributed by atoms with Crippen LogP contribution in [0.4, 0.5) is 0 Å². The van der Waals surface area contributed by atoms with Gasteiger partial charge in [0.2, 0.25) is 5.91 Å². The first-order valence-electron chi connectivity index (χ1n) is 9.18.